The number of anilines is 4. The van der Waals surface area contributed by atoms with Crippen LogP contribution in [-0.4, -0.2) is 108 Å². The van der Waals surface area contributed by atoms with Gasteiger partial charge in [0.05, 0.1) is 12.2 Å². The molecule has 4 fully saturated rings. The maximum atomic E-state index is 13.6. The molecule has 2 aromatic carbocycles. The molecule has 3 aromatic heterocycles. The van der Waals surface area contributed by atoms with Crippen molar-refractivity contribution in [2.24, 2.45) is 5.41 Å². The van der Waals surface area contributed by atoms with Crippen LogP contribution in [-0.2, 0) is 28.3 Å². The standard InChI is InChI=1S/C49H55N11O5/c1-48(65)18-3-2-4-22-59-46(64)38-29-50-47(54-43(38)60(59)41-7-5-6-40(48)52-41)51-33-8-10-34(11-9-33)55-23-16-35(17-24-55)57-27-21-49(31-57)19-25-56(26-20-49)36-12-13-37-32(28-36)30-58(45(37)63)39-14-15-42(61)53-44(39)62/h2,4-13,28-29,35,39,65H,3,14-27,30-31H2,1H3,(H,50,51,54)(H,53,61,62)/b4-2-/t39?,48-/m1/s1. The number of piperidine rings is 3. The van der Waals surface area contributed by atoms with Gasteiger partial charge in [0, 0.05) is 80.6 Å². The Kier molecular flexibility index (Phi) is 10.3. The molecule has 6 aliphatic rings. The SMILES string of the molecule is C[C@@]1(O)CC/C=C\Cn2c(=O)c3cnc(Nc4ccc(N5CCC(N6CCC7(CCN(c8ccc9c(c8)CN(C8CCC(=O)NC8=O)C9=O)CC7)C6)CC5)cc4)nc3n2-c2cccc1n2. The number of allylic oxidation sites excluding steroid dienone is 2. The molecule has 4 saturated heterocycles. The number of pyridine rings is 1. The number of aliphatic hydroxyl groups is 1. The predicted molar refractivity (Wildman–Crippen MR) is 246 cm³/mol. The van der Waals surface area contributed by atoms with Gasteiger partial charge < -0.3 is 25.1 Å². The summed E-state index contributed by atoms with van der Waals surface area (Å²) in [6, 6.07) is 20.0. The van der Waals surface area contributed by atoms with Gasteiger partial charge in [0.1, 0.15) is 17.0 Å². The fourth-order valence-corrected chi connectivity index (χ4v) is 11.2. The quantitative estimate of drug-likeness (QED) is 0.154. The lowest BCUT2D eigenvalue weighted by Gasteiger charge is -2.42. The zero-order chi connectivity index (χ0) is 44.5. The van der Waals surface area contributed by atoms with Crippen LogP contribution >= 0.6 is 0 Å². The third-order valence-corrected chi connectivity index (χ3v) is 15.1. The minimum absolute atomic E-state index is 0.127. The molecule has 0 radical (unpaired) electrons. The van der Waals surface area contributed by atoms with E-state index in [2.05, 4.69) is 66.7 Å². The van der Waals surface area contributed by atoms with Gasteiger partial charge in [-0.1, -0.05) is 18.2 Å². The maximum absolute atomic E-state index is 13.6. The number of rotatable bonds is 6. The zero-order valence-electron chi connectivity index (χ0n) is 36.8. The second-order valence-electron chi connectivity index (χ2n) is 19.1. The summed E-state index contributed by atoms with van der Waals surface area (Å²) in [5, 5.41) is 17.3. The number of aromatic nitrogens is 5. The molecule has 9 heterocycles. The number of carbonyl (C=O) groups is 3. The summed E-state index contributed by atoms with van der Waals surface area (Å²) in [5.74, 6) is 0.0972. The van der Waals surface area contributed by atoms with E-state index >= 15 is 0 Å². The number of amides is 3. The Balaban J connectivity index is 0.692. The molecule has 5 aromatic rings. The number of likely N-dealkylation sites (tertiary alicyclic amines) is 1. The molecular weight excluding hydrogens is 823 g/mol. The van der Waals surface area contributed by atoms with Gasteiger partial charge in [0.15, 0.2) is 11.5 Å². The molecule has 3 amide bonds. The van der Waals surface area contributed by atoms with Crippen molar-refractivity contribution < 1.29 is 19.5 Å². The van der Waals surface area contributed by atoms with Gasteiger partial charge in [-0.15, -0.1) is 0 Å². The summed E-state index contributed by atoms with van der Waals surface area (Å²) in [7, 11) is 0. The lowest BCUT2D eigenvalue weighted by molar-refractivity contribution is -0.136. The predicted octanol–water partition coefficient (Wildman–Crippen LogP) is 5.00. The first-order valence-corrected chi connectivity index (χ1v) is 23.2. The Morgan fingerprint density at radius 3 is 2.40 bits per heavy atom. The number of carbonyl (C=O) groups excluding carboxylic acids is 3. The van der Waals surface area contributed by atoms with Gasteiger partial charge >= 0.3 is 0 Å². The lowest BCUT2D eigenvalue weighted by Crippen LogP contribution is -2.52. The van der Waals surface area contributed by atoms with Crippen LogP contribution in [0.25, 0.3) is 16.9 Å². The fraction of sp³-hybridized carbons (Fsp3) is 0.449. The molecule has 0 aliphatic carbocycles. The van der Waals surface area contributed by atoms with Crippen LogP contribution in [0.5, 0.6) is 0 Å². The van der Waals surface area contributed by atoms with Crippen molar-refractivity contribution in [1.29, 1.82) is 0 Å². The molecule has 2 atom stereocenters. The first-order chi connectivity index (χ1) is 31.5. The summed E-state index contributed by atoms with van der Waals surface area (Å²) in [4.78, 5) is 74.6. The number of hydrogen-bond acceptors (Lipinski definition) is 12. The highest BCUT2D eigenvalue weighted by Crippen LogP contribution is 2.43. The van der Waals surface area contributed by atoms with E-state index in [9.17, 15) is 24.3 Å². The lowest BCUT2D eigenvalue weighted by atomic mass is 9.77. The van der Waals surface area contributed by atoms with E-state index in [-0.39, 0.29) is 29.7 Å². The van der Waals surface area contributed by atoms with E-state index in [4.69, 9.17) is 9.97 Å². The van der Waals surface area contributed by atoms with Gasteiger partial charge in [-0.3, -0.25) is 29.4 Å². The third-order valence-electron chi connectivity index (χ3n) is 15.1. The number of hydrogen-bond donors (Lipinski definition) is 3. The van der Waals surface area contributed by atoms with E-state index in [0.29, 0.717) is 77.9 Å². The van der Waals surface area contributed by atoms with Crippen molar-refractivity contribution in [2.45, 2.75) is 95.5 Å². The zero-order valence-corrected chi connectivity index (χ0v) is 36.8. The van der Waals surface area contributed by atoms with E-state index in [1.807, 2.05) is 36.4 Å². The molecule has 16 heteroatoms. The van der Waals surface area contributed by atoms with Gasteiger partial charge in [-0.2, -0.15) is 4.98 Å². The van der Waals surface area contributed by atoms with Crippen molar-refractivity contribution >= 4 is 51.8 Å². The van der Waals surface area contributed by atoms with E-state index in [1.54, 1.807) is 27.4 Å². The highest BCUT2D eigenvalue weighted by Gasteiger charge is 2.44. The van der Waals surface area contributed by atoms with Crippen molar-refractivity contribution in [3.63, 3.8) is 0 Å². The molecule has 2 bridgehead atoms. The largest absolute Gasteiger partial charge is 0.384 e. The summed E-state index contributed by atoms with van der Waals surface area (Å²) < 4.78 is 3.34. The number of nitrogens with zero attached hydrogens (tertiary/aromatic N) is 9. The van der Waals surface area contributed by atoms with E-state index < -0.39 is 11.6 Å². The molecule has 3 N–H and O–H groups in total. The molecular formula is C49H55N11O5. The third kappa shape index (κ3) is 7.65. The fourth-order valence-electron chi connectivity index (χ4n) is 11.2. The van der Waals surface area contributed by atoms with Crippen LogP contribution < -0.4 is 26.0 Å². The minimum Gasteiger partial charge on any atom is -0.384 e. The van der Waals surface area contributed by atoms with Crippen LogP contribution in [0, 0.1) is 5.41 Å². The average Bonchev–Trinajstić information content (AvgIpc) is 3.96. The molecule has 6 aliphatic heterocycles. The van der Waals surface area contributed by atoms with Crippen molar-refractivity contribution in [3.8, 4) is 5.82 Å². The van der Waals surface area contributed by atoms with Crippen molar-refractivity contribution in [1.82, 2.24) is 39.4 Å². The van der Waals surface area contributed by atoms with Crippen molar-refractivity contribution in [2.75, 3.05) is 54.4 Å². The Labute approximate surface area is 376 Å². The summed E-state index contributed by atoms with van der Waals surface area (Å²) in [6.45, 7) is 8.81. The Morgan fingerprint density at radius 1 is 0.831 bits per heavy atom. The number of imide groups is 1. The van der Waals surface area contributed by atoms with Crippen LogP contribution in [0.2, 0.25) is 0 Å². The van der Waals surface area contributed by atoms with Gasteiger partial charge in [0.2, 0.25) is 17.8 Å². The molecule has 336 valence electrons. The molecule has 0 saturated carbocycles. The molecule has 1 spiro atoms. The van der Waals surface area contributed by atoms with Crippen LogP contribution in [0.1, 0.15) is 86.3 Å². The Hall–Kier alpha value is -6.39. The minimum atomic E-state index is -1.12. The highest BCUT2D eigenvalue weighted by atomic mass is 16.3. The first-order valence-electron chi connectivity index (χ1n) is 23.2. The Bertz CT molecular complexity index is 2780. The normalized spacial score (nSPS) is 24.2. The first kappa shape index (κ1) is 41.3. The van der Waals surface area contributed by atoms with Crippen LogP contribution in [0.15, 0.2) is 83.8 Å². The number of nitrogens with one attached hydrogen (secondary N) is 2. The van der Waals surface area contributed by atoms with Crippen LogP contribution in [0.4, 0.5) is 23.0 Å². The highest BCUT2D eigenvalue weighted by molar-refractivity contribution is 6.05. The average molecular weight is 878 g/mol. The second-order valence-corrected chi connectivity index (χ2v) is 19.1. The van der Waals surface area contributed by atoms with Crippen LogP contribution in [0.3, 0.4) is 0 Å². The summed E-state index contributed by atoms with van der Waals surface area (Å²) in [5.41, 5.74) is 4.79. The monoisotopic (exact) mass is 877 g/mol. The smallest absolute Gasteiger partial charge is 0.278 e. The Morgan fingerprint density at radius 2 is 1.60 bits per heavy atom. The van der Waals surface area contributed by atoms with Gasteiger partial charge in [0.25, 0.3) is 11.5 Å². The summed E-state index contributed by atoms with van der Waals surface area (Å²) in [6.07, 6.45) is 13.1. The topological polar surface area (TPSA) is 174 Å². The van der Waals surface area contributed by atoms with E-state index in [0.717, 1.165) is 81.9 Å². The number of fused-ring (bicyclic) bond motifs is 7. The maximum Gasteiger partial charge on any atom is 0.278 e. The van der Waals surface area contributed by atoms with Gasteiger partial charge in [-0.05, 0) is 130 Å². The summed E-state index contributed by atoms with van der Waals surface area (Å²) >= 11 is 0. The number of benzene rings is 2. The van der Waals surface area contributed by atoms with Crippen molar-refractivity contribution in [3.05, 3.63) is 106 Å². The van der Waals surface area contributed by atoms with E-state index in [1.165, 1.54) is 12.1 Å². The van der Waals surface area contributed by atoms with Gasteiger partial charge in [-0.25, -0.2) is 19.3 Å². The second kappa shape index (κ2) is 16.2. The molecule has 1 unspecified atom stereocenters. The molecule has 65 heavy (non-hydrogen) atoms. The molecule has 11 rings (SSSR count). The molecule has 16 nitrogen and oxygen atoms in total.